The number of hydrogen-bond donors (Lipinski definition) is 0. The van der Waals surface area contributed by atoms with Gasteiger partial charge in [0.05, 0.1) is 0 Å². The van der Waals surface area contributed by atoms with Crippen LogP contribution in [-0.2, 0) is 11.3 Å². The number of carbonyl (C=O) groups excluding carboxylic acids is 1. The molecule has 2 rings (SSSR count). The van der Waals surface area contributed by atoms with Crippen LogP contribution < -0.4 is 0 Å². The van der Waals surface area contributed by atoms with Gasteiger partial charge in [0, 0.05) is 37.3 Å². The number of piperidine rings is 1. The van der Waals surface area contributed by atoms with Crippen molar-refractivity contribution in [1.29, 1.82) is 0 Å². The fourth-order valence-corrected chi connectivity index (χ4v) is 3.57. The molecule has 1 unspecified atom stereocenters. The molecule has 1 atom stereocenters. The summed E-state index contributed by atoms with van der Waals surface area (Å²) < 4.78 is 6.03. The molecule has 22 heavy (non-hydrogen) atoms. The summed E-state index contributed by atoms with van der Waals surface area (Å²) in [5, 5.41) is 0. The Morgan fingerprint density at radius 2 is 2.32 bits per heavy atom. The Balaban J connectivity index is 1.90. The molecular formula is C15H24ClN3O2S. The largest absolute Gasteiger partial charge is 0.444 e. The standard InChI is InChI=1S/C15H24ClN3O2S/c1-15(2,3)21-14(20)18(4)11-6-5-7-19(9-11)10-12-8-17-13(16)22-12/h8,11H,5-7,9-10H2,1-4H3. The van der Waals surface area contributed by atoms with E-state index in [0.29, 0.717) is 4.47 Å². The van der Waals surface area contributed by atoms with Crippen LogP contribution in [-0.4, -0.2) is 52.7 Å². The van der Waals surface area contributed by atoms with Crippen LogP contribution in [0.25, 0.3) is 0 Å². The Hall–Kier alpha value is -0.850. The number of hydrogen-bond acceptors (Lipinski definition) is 5. The molecular weight excluding hydrogens is 322 g/mol. The fourth-order valence-electron chi connectivity index (χ4n) is 2.55. The van der Waals surface area contributed by atoms with Gasteiger partial charge in [0.1, 0.15) is 5.60 Å². The zero-order valence-electron chi connectivity index (χ0n) is 13.6. The van der Waals surface area contributed by atoms with Gasteiger partial charge in [-0.15, -0.1) is 11.3 Å². The lowest BCUT2D eigenvalue weighted by Crippen LogP contribution is -2.49. The third-order valence-electron chi connectivity index (χ3n) is 3.61. The molecule has 1 saturated heterocycles. The van der Waals surface area contributed by atoms with Gasteiger partial charge in [-0.25, -0.2) is 9.78 Å². The number of ether oxygens (including phenoxy) is 1. The summed E-state index contributed by atoms with van der Waals surface area (Å²) in [4.78, 5) is 21.5. The van der Waals surface area contributed by atoms with Gasteiger partial charge >= 0.3 is 6.09 Å². The van der Waals surface area contributed by atoms with Crippen LogP contribution in [0.4, 0.5) is 4.79 Å². The number of halogens is 1. The van der Waals surface area contributed by atoms with E-state index in [1.807, 2.05) is 34.0 Å². The summed E-state index contributed by atoms with van der Waals surface area (Å²) in [7, 11) is 1.83. The molecule has 0 spiro atoms. The van der Waals surface area contributed by atoms with Crippen LogP contribution in [0.15, 0.2) is 6.20 Å². The van der Waals surface area contributed by atoms with Crippen molar-refractivity contribution in [3.05, 3.63) is 15.5 Å². The second kappa shape index (κ2) is 7.15. The first-order chi connectivity index (χ1) is 10.2. The molecule has 0 aliphatic carbocycles. The quantitative estimate of drug-likeness (QED) is 0.839. The third-order valence-corrected chi connectivity index (χ3v) is 4.71. The van der Waals surface area contributed by atoms with Crippen molar-refractivity contribution in [3.8, 4) is 0 Å². The van der Waals surface area contributed by atoms with E-state index in [-0.39, 0.29) is 12.1 Å². The van der Waals surface area contributed by atoms with E-state index in [9.17, 15) is 4.79 Å². The van der Waals surface area contributed by atoms with E-state index >= 15 is 0 Å². The highest BCUT2D eigenvalue weighted by molar-refractivity contribution is 7.15. The van der Waals surface area contributed by atoms with E-state index in [1.54, 1.807) is 4.90 Å². The smallest absolute Gasteiger partial charge is 0.410 e. The molecule has 1 aliphatic rings. The van der Waals surface area contributed by atoms with Crippen molar-refractivity contribution >= 4 is 29.0 Å². The Bertz CT molecular complexity index is 515. The maximum absolute atomic E-state index is 12.2. The van der Waals surface area contributed by atoms with Crippen molar-refractivity contribution in [2.45, 2.75) is 51.8 Å². The molecule has 0 aromatic carbocycles. The van der Waals surface area contributed by atoms with Crippen molar-refractivity contribution < 1.29 is 9.53 Å². The predicted molar refractivity (Wildman–Crippen MR) is 89.4 cm³/mol. The summed E-state index contributed by atoms with van der Waals surface area (Å²) in [6.45, 7) is 8.39. The van der Waals surface area contributed by atoms with Crippen molar-refractivity contribution in [1.82, 2.24) is 14.8 Å². The van der Waals surface area contributed by atoms with Gasteiger partial charge in [-0.3, -0.25) is 4.90 Å². The molecule has 1 aliphatic heterocycles. The Morgan fingerprint density at radius 3 is 2.91 bits per heavy atom. The number of aromatic nitrogens is 1. The number of rotatable bonds is 3. The normalized spacial score (nSPS) is 20.0. The topological polar surface area (TPSA) is 45.7 Å². The second-order valence-electron chi connectivity index (χ2n) is 6.70. The molecule has 1 aromatic rings. The van der Waals surface area contributed by atoms with E-state index in [2.05, 4.69) is 9.88 Å². The number of amides is 1. The highest BCUT2D eigenvalue weighted by atomic mass is 35.5. The molecule has 1 amide bonds. The van der Waals surface area contributed by atoms with E-state index in [4.69, 9.17) is 16.3 Å². The Morgan fingerprint density at radius 1 is 1.59 bits per heavy atom. The number of likely N-dealkylation sites (N-methyl/N-ethyl adjacent to an activating group) is 1. The monoisotopic (exact) mass is 345 g/mol. The maximum Gasteiger partial charge on any atom is 0.410 e. The second-order valence-corrected chi connectivity index (χ2v) is 8.40. The SMILES string of the molecule is CN(C(=O)OC(C)(C)C)C1CCCN(Cc2cnc(Cl)s2)C1. The number of nitrogens with zero attached hydrogens (tertiary/aromatic N) is 3. The first-order valence-corrected chi connectivity index (χ1v) is 8.72. The number of carbonyl (C=O) groups is 1. The summed E-state index contributed by atoms with van der Waals surface area (Å²) in [6.07, 6.45) is 3.66. The Kier molecular flexibility index (Phi) is 5.69. The van der Waals surface area contributed by atoms with Gasteiger partial charge in [-0.2, -0.15) is 0 Å². The predicted octanol–water partition coefficient (Wildman–Crippen LogP) is 3.63. The molecule has 0 saturated carbocycles. The lowest BCUT2D eigenvalue weighted by atomic mass is 10.0. The minimum absolute atomic E-state index is 0.187. The lowest BCUT2D eigenvalue weighted by molar-refractivity contribution is 0.0130. The molecule has 1 aromatic heterocycles. The summed E-state index contributed by atoms with van der Waals surface area (Å²) in [6, 6.07) is 0.187. The van der Waals surface area contributed by atoms with E-state index in [1.165, 1.54) is 11.3 Å². The maximum atomic E-state index is 12.2. The van der Waals surface area contributed by atoms with E-state index < -0.39 is 5.60 Å². The molecule has 2 heterocycles. The molecule has 124 valence electrons. The summed E-state index contributed by atoms with van der Waals surface area (Å²) in [5.74, 6) is 0. The van der Waals surface area contributed by atoms with Crippen molar-refractivity contribution in [2.75, 3.05) is 20.1 Å². The molecule has 0 bridgehead atoms. The summed E-state index contributed by atoms with van der Waals surface area (Å²) >= 11 is 7.39. The minimum atomic E-state index is -0.459. The van der Waals surface area contributed by atoms with Gasteiger partial charge < -0.3 is 9.64 Å². The van der Waals surface area contributed by atoms with Crippen LogP contribution >= 0.6 is 22.9 Å². The zero-order chi connectivity index (χ0) is 16.3. The minimum Gasteiger partial charge on any atom is -0.444 e. The molecule has 0 radical (unpaired) electrons. The molecule has 0 N–H and O–H groups in total. The van der Waals surface area contributed by atoms with Crippen LogP contribution in [0, 0.1) is 0 Å². The Labute approximate surface area is 141 Å². The van der Waals surface area contributed by atoms with Gasteiger partial charge in [-0.05, 0) is 40.2 Å². The lowest BCUT2D eigenvalue weighted by Gasteiger charge is -2.37. The third kappa shape index (κ3) is 5.11. The summed E-state index contributed by atoms with van der Waals surface area (Å²) in [5.41, 5.74) is -0.459. The fraction of sp³-hybridized carbons (Fsp3) is 0.733. The van der Waals surface area contributed by atoms with Crippen molar-refractivity contribution in [2.24, 2.45) is 0 Å². The van der Waals surface area contributed by atoms with Gasteiger partial charge in [0.2, 0.25) is 0 Å². The van der Waals surface area contributed by atoms with Crippen LogP contribution in [0.3, 0.4) is 0 Å². The molecule has 5 nitrogen and oxygen atoms in total. The van der Waals surface area contributed by atoms with Crippen LogP contribution in [0.5, 0.6) is 0 Å². The van der Waals surface area contributed by atoms with Crippen LogP contribution in [0.2, 0.25) is 4.47 Å². The first kappa shape index (κ1) is 17.5. The highest BCUT2D eigenvalue weighted by Crippen LogP contribution is 2.23. The van der Waals surface area contributed by atoms with Gasteiger partial charge in [0.15, 0.2) is 4.47 Å². The highest BCUT2D eigenvalue weighted by Gasteiger charge is 2.29. The van der Waals surface area contributed by atoms with Crippen molar-refractivity contribution in [3.63, 3.8) is 0 Å². The average molecular weight is 346 g/mol. The average Bonchev–Trinajstić information content (AvgIpc) is 2.81. The van der Waals surface area contributed by atoms with Gasteiger partial charge in [0.25, 0.3) is 0 Å². The first-order valence-electron chi connectivity index (χ1n) is 7.53. The molecule has 1 fully saturated rings. The molecule has 7 heteroatoms. The number of thiazole rings is 1. The van der Waals surface area contributed by atoms with Gasteiger partial charge in [-0.1, -0.05) is 11.6 Å². The van der Waals surface area contributed by atoms with E-state index in [0.717, 1.165) is 37.4 Å². The number of likely N-dealkylation sites (tertiary alicyclic amines) is 1. The zero-order valence-corrected chi connectivity index (χ0v) is 15.2. The van der Waals surface area contributed by atoms with Crippen LogP contribution in [0.1, 0.15) is 38.5 Å².